The van der Waals surface area contributed by atoms with E-state index in [0.717, 1.165) is 20.8 Å². The van der Waals surface area contributed by atoms with Crippen LogP contribution in [0.4, 0.5) is 0 Å². The molecule has 1 heterocycles. The van der Waals surface area contributed by atoms with E-state index in [1.807, 2.05) is 18.2 Å². The number of carboxylic acids is 1. The molecule has 6 heteroatoms. The Kier molecular flexibility index (Phi) is 4.15. The summed E-state index contributed by atoms with van der Waals surface area (Å²) in [5.74, 6) is -0.156. The van der Waals surface area contributed by atoms with Crippen LogP contribution in [0.3, 0.4) is 0 Å². The van der Waals surface area contributed by atoms with Gasteiger partial charge >= 0.3 is 5.97 Å². The second-order valence-electron chi connectivity index (χ2n) is 4.81. The van der Waals surface area contributed by atoms with Crippen molar-refractivity contribution in [2.45, 2.75) is 19.3 Å². The topological polar surface area (TPSA) is 59.4 Å². The summed E-state index contributed by atoms with van der Waals surface area (Å²) in [6, 6.07) is 5.61. The minimum Gasteiger partial charge on any atom is -0.497 e. The molecule has 0 radical (unpaired) electrons. The van der Waals surface area contributed by atoms with Crippen LogP contribution < -0.4 is 4.74 Å². The number of hydrogen-bond donors (Lipinski definition) is 1. The van der Waals surface area contributed by atoms with Gasteiger partial charge in [0.25, 0.3) is 0 Å². The summed E-state index contributed by atoms with van der Waals surface area (Å²) in [4.78, 5) is 15.7. The second kappa shape index (κ2) is 5.54. The van der Waals surface area contributed by atoms with Crippen LogP contribution in [0.2, 0.25) is 0 Å². The first-order valence-corrected chi connectivity index (χ1v) is 7.57. The standard InChI is InChI=1S/C14H14BrNO3S/c1-14(2,13(17)18)11-7-20-12(16-11)9-6-8(19-3)4-5-10(9)15/h4-7H,1-3H3,(H,17,18). The van der Waals surface area contributed by atoms with E-state index in [9.17, 15) is 9.90 Å². The number of aromatic nitrogens is 1. The lowest BCUT2D eigenvalue weighted by Gasteiger charge is -2.15. The smallest absolute Gasteiger partial charge is 0.315 e. The maximum atomic E-state index is 11.3. The number of methoxy groups -OCH3 is 1. The van der Waals surface area contributed by atoms with Gasteiger partial charge in [0.15, 0.2) is 0 Å². The Morgan fingerprint density at radius 2 is 2.15 bits per heavy atom. The van der Waals surface area contributed by atoms with E-state index in [4.69, 9.17) is 4.74 Å². The highest BCUT2D eigenvalue weighted by Crippen LogP contribution is 2.36. The minimum atomic E-state index is -1.000. The Morgan fingerprint density at radius 3 is 2.75 bits per heavy atom. The highest BCUT2D eigenvalue weighted by atomic mass is 79.9. The maximum absolute atomic E-state index is 11.3. The van der Waals surface area contributed by atoms with E-state index in [1.165, 1.54) is 11.3 Å². The average molecular weight is 356 g/mol. The van der Waals surface area contributed by atoms with Gasteiger partial charge in [-0.3, -0.25) is 4.79 Å². The number of benzene rings is 1. The van der Waals surface area contributed by atoms with E-state index < -0.39 is 11.4 Å². The fraction of sp³-hybridized carbons (Fsp3) is 0.286. The number of carbonyl (C=O) groups is 1. The zero-order valence-electron chi connectivity index (χ0n) is 11.3. The summed E-state index contributed by atoms with van der Waals surface area (Å²) >= 11 is 4.90. The molecule has 0 aliphatic rings. The van der Waals surface area contributed by atoms with Crippen LogP contribution in [-0.2, 0) is 10.2 Å². The molecule has 0 spiro atoms. The molecule has 0 saturated carbocycles. The van der Waals surface area contributed by atoms with E-state index >= 15 is 0 Å². The molecule has 0 aliphatic carbocycles. The first-order chi connectivity index (χ1) is 9.36. The van der Waals surface area contributed by atoms with Gasteiger partial charge in [0.2, 0.25) is 0 Å². The first-order valence-electron chi connectivity index (χ1n) is 5.89. The number of aliphatic carboxylic acids is 1. The lowest BCUT2D eigenvalue weighted by atomic mass is 9.90. The van der Waals surface area contributed by atoms with Crippen LogP contribution in [-0.4, -0.2) is 23.2 Å². The molecule has 106 valence electrons. The third kappa shape index (κ3) is 2.71. The van der Waals surface area contributed by atoms with Crippen LogP contribution in [0.5, 0.6) is 5.75 Å². The molecule has 1 N–H and O–H groups in total. The van der Waals surface area contributed by atoms with Gasteiger partial charge < -0.3 is 9.84 Å². The SMILES string of the molecule is COc1ccc(Br)c(-c2nc(C(C)(C)C(=O)O)cs2)c1. The molecule has 0 unspecified atom stereocenters. The molecule has 4 nitrogen and oxygen atoms in total. The van der Waals surface area contributed by atoms with Crippen LogP contribution in [0.1, 0.15) is 19.5 Å². The van der Waals surface area contributed by atoms with Crippen LogP contribution in [0.15, 0.2) is 28.1 Å². The van der Waals surface area contributed by atoms with Crippen LogP contribution in [0, 0.1) is 0 Å². The number of rotatable bonds is 4. The van der Waals surface area contributed by atoms with Gasteiger partial charge in [0.1, 0.15) is 16.2 Å². The molecule has 2 aromatic rings. The van der Waals surface area contributed by atoms with Gasteiger partial charge in [-0.25, -0.2) is 4.98 Å². The third-order valence-corrected chi connectivity index (χ3v) is 4.65. The van der Waals surface area contributed by atoms with Crippen LogP contribution in [0.25, 0.3) is 10.6 Å². The predicted molar refractivity (Wildman–Crippen MR) is 82.5 cm³/mol. The number of halogens is 1. The zero-order chi connectivity index (χ0) is 14.9. The van der Waals surface area contributed by atoms with Crippen LogP contribution >= 0.6 is 27.3 Å². The van der Waals surface area contributed by atoms with E-state index in [1.54, 1.807) is 26.3 Å². The van der Waals surface area contributed by atoms with Crippen molar-refractivity contribution in [3.05, 3.63) is 33.7 Å². The molecular weight excluding hydrogens is 342 g/mol. The lowest BCUT2D eigenvalue weighted by molar-refractivity contribution is -0.142. The number of nitrogens with zero attached hydrogens (tertiary/aromatic N) is 1. The van der Waals surface area contributed by atoms with Crippen molar-refractivity contribution in [1.29, 1.82) is 0 Å². The number of thiazole rings is 1. The Bertz CT molecular complexity index is 652. The molecule has 1 aromatic carbocycles. The second-order valence-corrected chi connectivity index (χ2v) is 6.53. The van der Waals surface area contributed by atoms with Crippen molar-refractivity contribution in [3.63, 3.8) is 0 Å². The summed E-state index contributed by atoms with van der Waals surface area (Å²) < 4.78 is 6.10. The summed E-state index contributed by atoms with van der Waals surface area (Å²) in [5, 5.41) is 11.8. The predicted octanol–water partition coefficient (Wildman–Crippen LogP) is 3.94. The number of carboxylic acid groups (broad SMARTS) is 1. The van der Waals surface area contributed by atoms with E-state index in [2.05, 4.69) is 20.9 Å². The summed E-state index contributed by atoms with van der Waals surface area (Å²) in [7, 11) is 1.60. The first kappa shape index (κ1) is 15.0. The monoisotopic (exact) mass is 355 g/mol. The van der Waals surface area contributed by atoms with Gasteiger partial charge in [-0.2, -0.15) is 0 Å². The molecule has 0 bridgehead atoms. The molecule has 0 amide bonds. The normalized spacial score (nSPS) is 11.4. The van der Waals surface area contributed by atoms with E-state index in [-0.39, 0.29) is 0 Å². The maximum Gasteiger partial charge on any atom is 0.315 e. The third-order valence-electron chi connectivity index (χ3n) is 3.08. The van der Waals surface area contributed by atoms with Gasteiger partial charge in [0.05, 0.1) is 12.8 Å². The van der Waals surface area contributed by atoms with Gasteiger partial charge in [-0.05, 0) is 32.0 Å². The van der Waals surface area contributed by atoms with Gasteiger partial charge in [0, 0.05) is 15.4 Å². The summed E-state index contributed by atoms with van der Waals surface area (Å²) in [6.45, 7) is 3.30. The Labute approximate surface area is 129 Å². The Hall–Kier alpha value is -1.40. The molecular formula is C14H14BrNO3S. The van der Waals surface area contributed by atoms with Crippen molar-refractivity contribution >= 4 is 33.2 Å². The number of ether oxygens (including phenoxy) is 1. The Balaban J connectivity index is 2.46. The zero-order valence-corrected chi connectivity index (χ0v) is 13.7. The molecule has 1 aromatic heterocycles. The van der Waals surface area contributed by atoms with Gasteiger partial charge in [-0.15, -0.1) is 11.3 Å². The summed E-state index contributed by atoms with van der Waals surface area (Å²) in [5.41, 5.74) is 0.446. The fourth-order valence-electron chi connectivity index (χ4n) is 1.59. The van der Waals surface area contributed by atoms with Gasteiger partial charge in [-0.1, -0.05) is 15.9 Å². The molecule has 20 heavy (non-hydrogen) atoms. The van der Waals surface area contributed by atoms with Crippen molar-refractivity contribution in [2.24, 2.45) is 0 Å². The molecule has 0 aliphatic heterocycles. The molecule has 0 fully saturated rings. The van der Waals surface area contributed by atoms with Crippen molar-refractivity contribution in [1.82, 2.24) is 4.98 Å². The fourth-order valence-corrected chi connectivity index (χ4v) is 3.17. The molecule has 0 atom stereocenters. The largest absolute Gasteiger partial charge is 0.497 e. The van der Waals surface area contributed by atoms with Crippen molar-refractivity contribution in [2.75, 3.05) is 7.11 Å². The Morgan fingerprint density at radius 1 is 1.45 bits per heavy atom. The number of hydrogen-bond acceptors (Lipinski definition) is 4. The molecule has 2 rings (SSSR count). The minimum absolute atomic E-state index is 0.555. The van der Waals surface area contributed by atoms with Crippen molar-refractivity contribution < 1.29 is 14.6 Å². The summed E-state index contributed by atoms with van der Waals surface area (Å²) in [6.07, 6.45) is 0. The molecule has 0 saturated heterocycles. The highest BCUT2D eigenvalue weighted by molar-refractivity contribution is 9.10. The quantitative estimate of drug-likeness (QED) is 0.901. The van der Waals surface area contributed by atoms with E-state index in [0.29, 0.717) is 5.69 Å². The highest BCUT2D eigenvalue weighted by Gasteiger charge is 2.32. The van der Waals surface area contributed by atoms with Crippen molar-refractivity contribution in [3.8, 4) is 16.3 Å². The lowest BCUT2D eigenvalue weighted by Crippen LogP contribution is -2.28. The average Bonchev–Trinajstić information content (AvgIpc) is 2.89.